The topological polar surface area (TPSA) is 69.7 Å². The quantitative estimate of drug-likeness (QED) is 0.726. The van der Waals surface area contributed by atoms with E-state index in [-0.39, 0.29) is 23.5 Å². The molecule has 1 N–H and O–H groups in total. The molecule has 0 aromatic heterocycles. The molecule has 1 aliphatic carbocycles. The first kappa shape index (κ1) is 22.7. The number of benzene rings is 1. The van der Waals surface area contributed by atoms with Crippen molar-refractivity contribution in [3.8, 4) is 0 Å². The van der Waals surface area contributed by atoms with Crippen LogP contribution in [0, 0.1) is 5.92 Å². The van der Waals surface area contributed by atoms with Crippen LogP contribution >= 0.6 is 0 Å². The van der Waals surface area contributed by atoms with E-state index in [2.05, 4.69) is 10.2 Å². The van der Waals surface area contributed by atoms with Gasteiger partial charge in [0.05, 0.1) is 11.5 Å². The Morgan fingerprint density at radius 3 is 2.23 bits per heavy atom. The summed E-state index contributed by atoms with van der Waals surface area (Å²) < 4.78 is 23.8. The van der Waals surface area contributed by atoms with E-state index < -0.39 is 15.9 Å². The summed E-state index contributed by atoms with van der Waals surface area (Å²) in [5.41, 5.74) is 0.939. The summed E-state index contributed by atoms with van der Waals surface area (Å²) >= 11 is 0. The molecule has 1 aromatic rings. The minimum absolute atomic E-state index is 0.0104. The van der Waals surface area contributed by atoms with Gasteiger partial charge >= 0.3 is 0 Å². The highest BCUT2D eigenvalue weighted by Gasteiger charge is 2.34. The molecule has 3 aliphatic rings. The van der Waals surface area contributed by atoms with Crippen LogP contribution < -0.4 is 5.32 Å². The lowest BCUT2D eigenvalue weighted by molar-refractivity contribution is -0.127. The van der Waals surface area contributed by atoms with Gasteiger partial charge in [0.15, 0.2) is 9.84 Å². The van der Waals surface area contributed by atoms with E-state index in [1.165, 1.54) is 38.6 Å². The third-order valence-corrected chi connectivity index (χ3v) is 8.89. The minimum Gasteiger partial charge on any atom is -0.352 e. The molecule has 1 atom stereocenters. The Kier molecular flexibility index (Phi) is 7.67. The van der Waals surface area contributed by atoms with Crippen LogP contribution in [0.5, 0.6) is 0 Å². The van der Waals surface area contributed by atoms with E-state index in [9.17, 15) is 13.2 Å². The van der Waals surface area contributed by atoms with Gasteiger partial charge in [-0.2, -0.15) is 0 Å². The Balaban J connectivity index is 1.33. The first-order valence-corrected chi connectivity index (χ1v) is 13.8. The summed E-state index contributed by atoms with van der Waals surface area (Å²) in [5.74, 6) is 1.13. The van der Waals surface area contributed by atoms with Crippen LogP contribution in [0.4, 0.5) is 0 Å². The molecule has 2 aliphatic heterocycles. The van der Waals surface area contributed by atoms with E-state index in [1.807, 2.05) is 35.2 Å². The van der Waals surface area contributed by atoms with Gasteiger partial charge in [-0.3, -0.25) is 9.69 Å². The number of likely N-dealkylation sites (tertiary alicyclic amines) is 1. The predicted molar refractivity (Wildman–Crippen MR) is 124 cm³/mol. The van der Waals surface area contributed by atoms with Crippen LogP contribution in [0.25, 0.3) is 0 Å². The number of carbonyl (C=O) groups is 1. The average molecular weight is 448 g/mol. The van der Waals surface area contributed by atoms with Crippen molar-refractivity contribution < 1.29 is 13.2 Å². The average Bonchev–Trinajstić information content (AvgIpc) is 2.78. The highest BCUT2D eigenvalue weighted by Crippen LogP contribution is 2.27. The third-order valence-electron chi connectivity index (χ3n) is 7.28. The lowest BCUT2D eigenvalue weighted by Gasteiger charge is -2.37. The fourth-order valence-electron chi connectivity index (χ4n) is 5.42. The fourth-order valence-corrected chi connectivity index (χ4v) is 6.65. The Bertz CT molecular complexity index is 802. The first-order chi connectivity index (χ1) is 15.0. The third kappa shape index (κ3) is 6.30. The van der Waals surface area contributed by atoms with Gasteiger partial charge in [-0.1, -0.05) is 49.6 Å². The van der Waals surface area contributed by atoms with Crippen molar-refractivity contribution in [3.05, 3.63) is 35.9 Å². The standard InChI is InChI=1S/C24H37N3O3S/c28-24(25-22-11-13-26(14-12-22)19-20-7-3-1-4-8-20)23(21-9-5-2-6-10-21)27-15-17-31(29,30)18-16-27/h2,5-6,9-10,20,22-23H,1,3-4,7-8,11-19H2,(H,25,28). The smallest absolute Gasteiger partial charge is 0.242 e. The number of piperidine rings is 1. The number of nitrogens with one attached hydrogen (secondary N) is 1. The van der Waals surface area contributed by atoms with Gasteiger partial charge < -0.3 is 10.2 Å². The maximum Gasteiger partial charge on any atom is 0.242 e. The summed E-state index contributed by atoms with van der Waals surface area (Å²) in [6.07, 6.45) is 8.91. The molecule has 1 aromatic carbocycles. The van der Waals surface area contributed by atoms with E-state index in [0.717, 1.165) is 37.4 Å². The summed E-state index contributed by atoms with van der Waals surface area (Å²) in [7, 11) is -2.98. The second-order valence-electron chi connectivity index (χ2n) is 9.59. The van der Waals surface area contributed by atoms with Gasteiger partial charge in [-0.25, -0.2) is 8.42 Å². The summed E-state index contributed by atoms with van der Waals surface area (Å²) in [6, 6.07) is 9.56. The Labute approximate surface area is 187 Å². The van der Waals surface area contributed by atoms with E-state index in [4.69, 9.17) is 0 Å². The lowest BCUT2D eigenvalue weighted by atomic mass is 9.88. The van der Waals surface area contributed by atoms with Crippen molar-refractivity contribution in [2.75, 3.05) is 44.2 Å². The Hall–Kier alpha value is -1.44. The van der Waals surface area contributed by atoms with Crippen molar-refractivity contribution in [2.24, 2.45) is 5.92 Å². The second kappa shape index (κ2) is 10.5. The van der Waals surface area contributed by atoms with Crippen molar-refractivity contribution in [2.45, 2.75) is 57.0 Å². The van der Waals surface area contributed by atoms with E-state index in [0.29, 0.717) is 13.1 Å². The van der Waals surface area contributed by atoms with Crippen molar-refractivity contribution >= 4 is 15.7 Å². The Morgan fingerprint density at radius 2 is 1.58 bits per heavy atom. The van der Waals surface area contributed by atoms with Crippen LogP contribution in [0.15, 0.2) is 30.3 Å². The van der Waals surface area contributed by atoms with Gasteiger partial charge in [0, 0.05) is 38.8 Å². The maximum atomic E-state index is 13.4. The van der Waals surface area contributed by atoms with E-state index in [1.54, 1.807) is 0 Å². The van der Waals surface area contributed by atoms with Crippen LogP contribution in [0.1, 0.15) is 56.6 Å². The molecule has 2 saturated heterocycles. The number of amides is 1. The van der Waals surface area contributed by atoms with Crippen molar-refractivity contribution in [3.63, 3.8) is 0 Å². The van der Waals surface area contributed by atoms with Crippen LogP contribution in [-0.4, -0.2) is 74.4 Å². The molecular weight excluding hydrogens is 410 g/mol. The van der Waals surface area contributed by atoms with Crippen molar-refractivity contribution in [1.29, 1.82) is 0 Å². The summed E-state index contributed by atoms with van der Waals surface area (Å²) in [5, 5.41) is 3.30. The largest absolute Gasteiger partial charge is 0.352 e. The number of hydrogen-bond acceptors (Lipinski definition) is 5. The molecule has 0 spiro atoms. The van der Waals surface area contributed by atoms with Crippen molar-refractivity contribution in [1.82, 2.24) is 15.1 Å². The fraction of sp³-hybridized carbons (Fsp3) is 0.708. The summed E-state index contributed by atoms with van der Waals surface area (Å²) in [4.78, 5) is 18.0. The Morgan fingerprint density at radius 1 is 0.935 bits per heavy atom. The molecule has 0 radical (unpaired) electrons. The zero-order valence-corrected chi connectivity index (χ0v) is 19.4. The maximum absolute atomic E-state index is 13.4. The van der Waals surface area contributed by atoms with Crippen LogP contribution in [0.3, 0.4) is 0 Å². The molecule has 1 saturated carbocycles. The number of hydrogen-bond donors (Lipinski definition) is 1. The highest BCUT2D eigenvalue weighted by atomic mass is 32.2. The molecule has 1 unspecified atom stereocenters. The molecule has 0 bridgehead atoms. The molecule has 31 heavy (non-hydrogen) atoms. The molecule has 4 rings (SSSR count). The van der Waals surface area contributed by atoms with Gasteiger partial charge in [0.25, 0.3) is 0 Å². The molecule has 172 valence electrons. The lowest BCUT2D eigenvalue weighted by Crippen LogP contribution is -2.51. The molecule has 3 fully saturated rings. The number of rotatable bonds is 6. The van der Waals surface area contributed by atoms with Gasteiger partial charge in [0.2, 0.25) is 5.91 Å². The highest BCUT2D eigenvalue weighted by molar-refractivity contribution is 7.91. The zero-order valence-electron chi connectivity index (χ0n) is 18.5. The van der Waals surface area contributed by atoms with E-state index >= 15 is 0 Å². The van der Waals surface area contributed by atoms with Gasteiger partial charge in [-0.15, -0.1) is 0 Å². The van der Waals surface area contributed by atoms with Gasteiger partial charge in [0.1, 0.15) is 6.04 Å². The molecule has 6 nitrogen and oxygen atoms in total. The molecule has 7 heteroatoms. The van der Waals surface area contributed by atoms with Crippen LogP contribution in [0.2, 0.25) is 0 Å². The predicted octanol–water partition coefficient (Wildman–Crippen LogP) is 2.62. The van der Waals surface area contributed by atoms with Crippen LogP contribution in [-0.2, 0) is 14.6 Å². The molecule has 2 heterocycles. The SMILES string of the molecule is O=C(NC1CCN(CC2CCCCC2)CC1)C(c1ccccc1)N1CCS(=O)(=O)CC1. The number of sulfone groups is 1. The minimum atomic E-state index is -2.98. The van der Waals surface area contributed by atoms with Gasteiger partial charge in [-0.05, 0) is 37.2 Å². The number of carbonyl (C=O) groups excluding carboxylic acids is 1. The normalized spacial score (nSPS) is 25.2. The monoisotopic (exact) mass is 447 g/mol. The second-order valence-corrected chi connectivity index (χ2v) is 11.9. The number of nitrogens with zero attached hydrogens (tertiary/aromatic N) is 2. The summed E-state index contributed by atoms with van der Waals surface area (Å²) in [6.45, 7) is 4.15. The molecule has 1 amide bonds. The first-order valence-electron chi connectivity index (χ1n) is 12.0. The molecular formula is C24H37N3O3S. The zero-order chi connectivity index (χ0) is 21.7.